The minimum absolute atomic E-state index is 0.0323. The topological polar surface area (TPSA) is 163 Å². The number of methoxy groups -OCH3 is 1. The maximum Gasteiger partial charge on any atom is 0.324 e. The number of carbonyl (C=O) groups is 5. The maximum absolute atomic E-state index is 16.4. The number of likely N-dealkylation sites (tertiary alicyclic amines) is 1. The molecule has 4 aromatic rings. The van der Waals surface area contributed by atoms with Gasteiger partial charge in [0.1, 0.15) is 29.7 Å². The molecule has 14 nitrogen and oxygen atoms in total. The fourth-order valence-electron chi connectivity index (χ4n) is 10.1. The van der Waals surface area contributed by atoms with Crippen molar-refractivity contribution in [3.63, 3.8) is 0 Å². The third-order valence-electron chi connectivity index (χ3n) is 13.4. The molecule has 4 heterocycles. The second-order valence-corrected chi connectivity index (χ2v) is 19.3. The molecule has 0 unspecified atom stereocenters. The highest BCUT2D eigenvalue weighted by atomic mass is 19.1. The lowest BCUT2D eigenvalue weighted by atomic mass is 9.83. The van der Waals surface area contributed by atoms with Crippen molar-refractivity contribution in [3.8, 4) is 28.1 Å². The van der Waals surface area contributed by atoms with E-state index in [9.17, 15) is 29.1 Å². The monoisotopic (exact) mass is 920 g/mol. The number of esters is 1. The first-order chi connectivity index (χ1) is 31.9. The number of aryl methyl sites for hydroxylation is 1. The van der Waals surface area contributed by atoms with Crippen LogP contribution in [0.3, 0.4) is 0 Å². The van der Waals surface area contributed by atoms with Gasteiger partial charge in [-0.15, -0.1) is 0 Å². The number of carbonyl (C=O) groups excluding carboxylic acids is 5. The van der Waals surface area contributed by atoms with Gasteiger partial charge in [-0.3, -0.25) is 29.0 Å². The summed E-state index contributed by atoms with van der Waals surface area (Å²) >= 11 is 0. The van der Waals surface area contributed by atoms with Crippen molar-refractivity contribution >= 4 is 40.5 Å². The molecule has 0 aliphatic carbocycles. The SMILES string of the molecule is C=CC(=O)N1CC[C@H](C(=O)N(C)[C@H](C(=O)N[C@H]2Cc3cc(O)cc(c3)-c3ccc4c(c3)c(c(-c3c(F)cccc3CCOC)n4CC)CC(C)(C)COC(=O)[C@@H]3CCCN(N3)C2=O)C(C)C)C1. The Morgan fingerprint density at radius 1 is 1.09 bits per heavy atom. The van der Waals surface area contributed by atoms with E-state index in [1.165, 1.54) is 22.1 Å². The molecule has 4 atom stereocenters. The summed E-state index contributed by atoms with van der Waals surface area (Å²) in [6.07, 6.45) is 3.42. The van der Waals surface area contributed by atoms with Gasteiger partial charge in [0, 0.05) is 68.6 Å². The Balaban J connectivity index is 1.31. The van der Waals surface area contributed by atoms with Crippen LogP contribution in [0.2, 0.25) is 0 Å². The van der Waals surface area contributed by atoms with Gasteiger partial charge in [-0.2, -0.15) is 0 Å². The van der Waals surface area contributed by atoms with Crippen LogP contribution < -0.4 is 10.7 Å². The number of ether oxygens (including phenoxy) is 2. The normalized spacial score (nSPS) is 20.3. The molecule has 0 saturated carbocycles. The van der Waals surface area contributed by atoms with Crippen LogP contribution in [0.25, 0.3) is 33.3 Å². The molecule has 3 aliphatic rings. The van der Waals surface area contributed by atoms with Crippen LogP contribution in [-0.4, -0.2) is 119 Å². The van der Waals surface area contributed by atoms with Crippen LogP contribution in [0.1, 0.15) is 70.6 Å². The minimum Gasteiger partial charge on any atom is -0.508 e. The second kappa shape index (κ2) is 20.4. The van der Waals surface area contributed by atoms with Gasteiger partial charge in [0.05, 0.1) is 24.8 Å². The Labute approximate surface area is 392 Å². The number of rotatable bonds is 11. The molecule has 358 valence electrons. The van der Waals surface area contributed by atoms with E-state index in [2.05, 4.69) is 21.9 Å². The lowest BCUT2D eigenvalue weighted by molar-refractivity contribution is -0.155. The number of hydrogen-bond acceptors (Lipinski definition) is 9. The van der Waals surface area contributed by atoms with Crippen LogP contribution in [0, 0.1) is 23.1 Å². The first-order valence-electron chi connectivity index (χ1n) is 23.4. The highest BCUT2D eigenvalue weighted by Gasteiger charge is 2.40. The van der Waals surface area contributed by atoms with Crippen molar-refractivity contribution in [1.29, 1.82) is 0 Å². The smallest absolute Gasteiger partial charge is 0.324 e. The predicted octanol–water partition coefficient (Wildman–Crippen LogP) is 6.19. The number of nitrogens with one attached hydrogen (secondary N) is 2. The number of aromatic nitrogens is 1. The predicted molar refractivity (Wildman–Crippen MR) is 254 cm³/mol. The van der Waals surface area contributed by atoms with E-state index in [0.717, 1.165) is 33.3 Å². The molecule has 67 heavy (non-hydrogen) atoms. The van der Waals surface area contributed by atoms with E-state index in [1.54, 1.807) is 37.3 Å². The van der Waals surface area contributed by atoms with Crippen molar-refractivity contribution in [2.45, 2.75) is 97.8 Å². The number of phenolic OH excluding ortho intramolecular Hbond substituents is 1. The quantitative estimate of drug-likeness (QED) is 0.118. The molecule has 15 heteroatoms. The third kappa shape index (κ3) is 10.4. The standard InChI is InChI=1S/C52H65FN6O8/c1-9-44(61)57-21-18-35(29-57)49(63)56(7)46(31(3)4)48(62)54-42-25-32-23-36(26-37(60)24-32)34-16-17-43-38(27-34)39(47(58(43)10-2)45-33(19-22-66-8)13-11-14-40(45)53)28-52(5,6)30-67-51(65)41-15-12-20-59(55-41)50(42)64/h9,11,13-14,16-17,23-24,26-27,31,35,41-42,46,55,60H,1,10,12,15,18-22,25,28-30H2,2-8H3,(H,54,62)/t35-,41-,42-,46-/m0/s1. The largest absolute Gasteiger partial charge is 0.508 e. The lowest BCUT2D eigenvalue weighted by Crippen LogP contribution is -2.62. The number of fused-ring (bicyclic) bond motifs is 6. The number of benzene rings is 3. The van der Waals surface area contributed by atoms with Crippen LogP contribution in [0.5, 0.6) is 5.75 Å². The van der Waals surface area contributed by atoms with Gasteiger partial charge in [-0.25, -0.2) is 9.82 Å². The number of cyclic esters (lactones) is 1. The van der Waals surface area contributed by atoms with Crippen molar-refractivity contribution < 1.29 is 42.9 Å². The molecule has 6 bridgehead atoms. The summed E-state index contributed by atoms with van der Waals surface area (Å²) in [6.45, 7) is 15.1. The molecule has 3 aliphatic heterocycles. The molecule has 2 saturated heterocycles. The zero-order valence-electron chi connectivity index (χ0n) is 39.8. The summed E-state index contributed by atoms with van der Waals surface area (Å²) in [7, 11) is 3.19. The van der Waals surface area contributed by atoms with Crippen LogP contribution in [0.4, 0.5) is 4.39 Å². The van der Waals surface area contributed by atoms with E-state index >= 15 is 4.39 Å². The van der Waals surface area contributed by atoms with Crippen molar-refractivity contribution in [2.24, 2.45) is 17.3 Å². The maximum atomic E-state index is 16.4. The van der Waals surface area contributed by atoms with Crippen LogP contribution in [-0.2, 0) is 59.3 Å². The van der Waals surface area contributed by atoms with Gasteiger partial charge < -0.3 is 34.3 Å². The number of nitrogens with zero attached hydrogens (tertiary/aromatic N) is 4. The minimum atomic E-state index is -1.19. The number of aromatic hydroxyl groups is 1. The number of hydrogen-bond donors (Lipinski definition) is 3. The summed E-state index contributed by atoms with van der Waals surface area (Å²) in [6, 6.07) is 13.2. The first kappa shape index (κ1) is 48.9. The number of phenols is 1. The Hall–Kier alpha value is -6.06. The fraction of sp³-hybridized carbons (Fsp3) is 0.481. The van der Waals surface area contributed by atoms with Gasteiger partial charge in [-0.1, -0.05) is 58.5 Å². The Kier molecular flexibility index (Phi) is 14.9. The van der Waals surface area contributed by atoms with Gasteiger partial charge in [0.15, 0.2) is 0 Å². The molecule has 4 amide bonds. The molecular weight excluding hydrogens is 856 g/mol. The molecule has 0 spiro atoms. The highest BCUT2D eigenvalue weighted by molar-refractivity contribution is 5.96. The number of hydrazine groups is 1. The van der Waals surface area contributed by atoms with E-state index in [0.29, 0.717) is 68.5 Å². The number of amides is 4. The third-order valence-corrected chi connectivity index (χ3v) is 13.4. The summed E-state index contributed by atoms with van der Waals surface area (Å²) in [4.78, 5) is 72.3. The van der Waals surface area contributed by atoms with Crippen molar-refractivity contribution in [1.82, 2.24) is 30.1 Å². The Morgan fingerprint density at radius 3 is 2.58 bits per heavy atom. The van der Waals surface area contributed by atoms with Crippen LogP contribution in [0.15, 0.2) is 67.3 Å². The highest BCUT2D eigenvalue weighted by Crippen LogP contribution is 2.42. The van der Waals surface area contributed by atoms with Crippen molar-refractivity contribution in [3.05, 3.63) is 89.8 Å². The summed E-state index contributed by atoms with van der Waals surface area (Å²) in [5.41, 5.74) is 8.24. The van der Waals surface area contributed by atoms with E-state index in [4.69, 9.17) is 9.47 Å². The molecule has 3 aromatic carbocycles. The second-order valence-electron chi connectivity index (χ2n) is 19.3. The Bertz CT molecular complexity index is 2550. The van der Waals surface area contributed by atoms with Crippen molar-refractivity contribution in [2.75, 3.05) is 47.0 Å². The molecular formula is C52H65FN6O8. The number of likely N-dealkylation sites (N-methyl/N-ethyl adjacent to an activating group) is 1. The summed E-state index contributed by atoms with van der Waals surface area (Å²) in [5.74, 6) is -3.40. The van der Waals surface area contributed by atoms with E-state index in [1.807, 2.05) is 65.0 Å². The van der Waals surface area contributed by atoms with Gasteiger partial charge >= 0.3 is 5.97 Å². The van der Waals surface area contributed by atoms with Gasteiger partial charge in [0.25, 0.3) is 5.91 Å². The first-order valence-corrected chi connectivity index (χ1v) is 23.4. The molecule has 0 radical (unpaired) electrons. The Morgan fingerprint density at radius 2 is 1.87 bits per heavy atom. The molecule has 2 fully saturated rings. The van der Waals surface area contributed by atoms with Crippen LogP contribution >= 0.6 is 0 Å². The van der Waals surface area contributed by atoms with Gasteiger partial charge in [0.2, 0.25) is 17.7 Å². The van der Waals surface area contributed by atoms with E-state index in [-0.39, 0.29) is 55.4 Å². The molecule has 7 rings (SSSR count). The lowest BCUT2D eigenvalue weighted by Gasteiger charge is -2.37. The molecule has 3 N–H and O–H groups in total. The van der Waals surface area contributed by atoms with E-state index < -0.39 is 47.2 Å². The zero-order chi connectivity index (χ0) is 48.3. The summed E-state index contributed by atoms with van der Waals surface area (Å²) < 4.78 is 30.0. The average Bonchev–Trinajstić information content (AvgIpc) is 3.91. The van der Waals surface area contributed by atoms with Gasteiger partial charge in [-0.05, 0) is 109 Å². The fourth-order valence-corrected chi connectivity index (χ4v) is 10.1. The summed E-state index contributed by atoms with van der Waals surface area (Å²) in [5, 5.41) is 16.5. The molecule has 1 aromatic heterocycles. The zero-order valence-corrected chi connectivity index (χ0v) is 39.8. The average molecular weight is 921 g/mol. The number of halogens is 1.